The predicted octanol–water partition coefficient (Wildman–Crippen LogP) is 1.67. The van der Waals surface area contributed by atoms with E-state index in [9.17, 15) is 8.42 Å². The lowest BCUT2D eigenvalue weighted by atomic mass is 10.2. The number of nitrogens with zero attached hydrogens (tertiary/aromatic N) is 4. The molecule has 1 saturated heterocycles. The number of aryl methyl sites for hydroxylation is 2. The summed E-state index contributed by atoms with van der Waals surface area (Å²) in [7, 11) is -3.41. The third-order valence-corrected chi connectivity index (χ3v) is 6.42. The van der Waals surface area contributed by atoms with Gasteiger partial charge in [0.15, 0.2) is 0 Å². The highest BCUT2D eigenvalue weighted by atomic mass is 32.2. The molecule has 1 aromatic carbocycles. The summed E-state index contributed by atoms with van der Waals surface area (Å²) in [5.41, 5.74) is 0.948. The summed E-state index contributed by atoms with van der Waals surface area (Å²) in [5, 5.41) is 0.866. The van der Waals surface area contributed by atoms with Crippen molar-refractivity contribution in [3.05, 3.63) is 35.7 Å². The van der Waals surface area contributed by atoms with Gasteiger partial charge in [0.1, 0.15) is 5.82 Å². The maximum absolute atomic E-state index is 12.7. The predicted molar refractivity (Wildman–Crippen MR) is 86.8 cm³/mol. The minimum Gasteiger partial charge on any atom is -0.344 e. The molecule has 0 bridgehead atoms. The second-order valence-electron chi connectivity index (χ2n) is 5.33. The highest BCUT2D eigenvalue weighted by Gasteiger charge is 2.29. The molecule has 118 valence electrons. The van der Waals surface area contributed by atoms with Gasteiger partial charge >= 0.3 is 0 Å². The molecular formula is C14H18N4O2S2. The monoisotopic (exact) mass is 338 g/mol. The summed E-state index contributed by atoms with van der Waals surface area (Å²) in [4.78, 5) is 6.82. The van der Waals surface area contributed by atoms with E-state index >= 15 is 0 Å². The van der Waals surface area contributed by atoms with E-state index < -0.39 is 10.0 Å². The first-order valence-corrected chi connectivity index (χ1v) is 9.30. The van der Waals surface area contributed by atoms with E-state index in [1.54, 1.807) is 22.5 Å². The van der Waals surface area contributed by atoms with Gasteiger partial charge in [-0.2, -0.15) is 8.68 Å². The largest absolute Gasteiger partial charge is 0.344 e. The molecule has 1 aliphatic rings. The van der Waals surface area contributed by atoms with Crippen LogP contribution in [0.15, 0.2) is 29.2 Å². The van der Waals surface area contributed by atoms with Crippen molar-refractivity contribution in [2.24, 2.45) is 0 Å². The van der Waals surface area contributed by atoms with Gasteiger partial charge in [0.05, 0.1) is 4.90 Å². The Balaban J connectivity index is 1.73. The summed E-state index contributed by atoms with van der Waals surface area (Å²) < 4.78 is 31.1. The third-order valence-electron chi connectivity index (χ3n) is 3.65. The van der Waals surface area contributed by atoms with Crippen molar-refractivity contribution in [3.8, 4) is 0 Å². The number of hydrogen-bond donors (Lipinski definition) is 0. The van der Waals surface area contributed by atoms with Crippen LogP contribution in [0.5, 0.6) is 0 Å². The Bertz CT molecular complexity index is 765. The topological polar surface area (TPSA) is 66.4 Å². The Morgan fingerprint density at radius 1 is 1.14 bits per heavy atom. The zero-order chi connectivity index (χ0) is 15.7. The molecule has 3 rings (SSSR count). The van der Waals surface area contributed by atoms with Crippen LogP contribution < -0.4 is 4.90 Å². The van der Waals surface area contributed by atoms with Gasteiger partial charge in [-0.3, -0.25) is 0 Å². The molecule has 2 heterocycles. The number of piperazine rings is 1. The third kappa shape index (κ3) is 2.99. The van der Waals surface area contributed by atoms with Crippen LogP contribution in [0.25, 0.3) is 0 Å². The van der Waals surface area contributed by atoms with Gasteiger partial charge in [0.25, 0.3) is 0 Å². The van der Waals surface area contributed by atoms with Crippen LogP contribution in [0.1, 0.15) is 11.4 Å². The van der Waals surface area contributed by atoms with Crippen molar-refractivity contribution in [3.63, 3.8) is 0 Å². The molecule has 0 atom stereocenters. The van der Waals surface area contributed by atoms with Gasteiger partial charge in [-0.1, -0.05) is 12.1 Å². The maximum atomic E-state index is 12.7. The maximum Gasteiger partial charge on any atom is 0.243 e. The van der Waals surface area contributed by atoms with Crippen LogP contribution in [-0.4, -0.2) is 48.3 Å². The highest BCUT2D eigenvalue weighted by molar-refractivity contribution is 7.89. The lowest BCUT2D eigenvalue weighted by Crippen LogP contribution is -2.48. The van der Waals surface area contributed by atoms with Crippen molar-refractivity contribution in [1.82, 2.24) is 13.7 Å². The van der Waals surface area contributed by atoms with E-state index in [1.807, 2.05) is 19.9 Å². The van der Waals surface area contributed by atoms with Gasteiger partial charge < -0.3 is 4.90 Å². The molecule has 0 amide bonds. The minimum absolute atomic E-state index is 0.368. The Kier molecular flexibility index (Phi) is 4.16. The lowest BCUT2D eigenvalue weighted by molar-refractivity contribution is 0.384. The first kappa shape index (κ1) is 15.4. The van der Waals surface area contributed by atoms with Crippen molar-refractivity contribution in [2.75, 3.05) is 31.1 Å². The van der Waals surface area contributed by atoms with Crippen molar-refractivity contribution in [2.45, 2.75) is 18.7 Å². The SMILES string of the molecule is Cc1cccc(S(=O)(=O)N2CCN(c3nc(C)ns3)CC2)c1. The fourth-order valence-electron chi connectivity index (χ4n) is 2.46. The summed E-state index contributed by atoms with van der Waals surface area (Å²) in [6.45, 7) is 5.97. The molecule has 6 nitrogen and oxygen atoms in total. The summed E-state index contributed by atoms with van der Waals surface area (Å²) in [5.74, 6) is 0.759. The van der Waals surface area contributed by atoms with Crippen LogP contribution in [0.4, 0.5) is 5.13 Å². The van der Waals surface area contributed by atoms with Gasteiger partial charge in [-0.05, 0) is 31.5 Å². The standard InChI is InChI=1S/C14H18N4O2S2/c1-11-4-3-5-13(10-11)22(19,20)18-8-6-17(7-9-18)14-15-12(2)16-21-14/h3-5,10H,6-9H2,1-2H3. The van der Waals surface area contributed by atoms with E-state index in [4.69, 9.17) is 0 Å². The fourth-order valence-corrected chi connectivity index (χ4v) is 4.71. The summed E-state index contributed by atoms with van der Waals surface area (Å²) in [6.07, 6.45) is 0. The first-order valence-electron chi connectivity index (χ1n) is 7.09. The molecule has 0 aliphatic carbocycles. The van der Waals surface area contributed by atoms with Crippen molar-refractivity contribution < 1.29 is 8.42 Å². The van der Waals surface area contributed by atoms with Gasteiger partial charge in [0.2, 0.25) is 15.2 Å². The molecule has 1 aromatic heterocycles. The molecule has 0 spiro atoms. The van der Waals surface area contributed by atoms with Gasteiger partial charge in [0, 0.05) is 37.7 Å². The van der Waals surface area contributed by atoms with Crippen LogP contribution >= 0.6 is 11.5 Å². The zero-order valence-electron chi connectivity index (χ0n) is 12.6. The molecule has 2 aromatic rings. The van der Waals surface area contributed by atoms with E-state index in [0.29, 0.717) is 31.1 Å². The molecule has 1 fully saturated rings. The number of sulfonamides is 1. The lowest BCUT2D eigenvalue weighted by Gasteiger charge is -2.33. The number of benzene rings is 1. The molecule has 0 saturated carbocycles. The van der Waals surface area contributed by atoms with Crippen LogP contribution in [0, 0.1) is 13.8 Å². The molecule has 0 unspecified atom stereocenters. The molecule has 8 heteroatoms. The number of anilines is 1. The van der Waals surface area contributed by atoms with E-state index in [2.05, 4.69) is 14.3 Å². The summed E-state index contributed by atoms with van der Waals surface area (Å²) >= 11 is 1.36. The quantitative estimate of drug-likeness (QED) is 0.852. The summed E-state index contributed by atoms with van der Waals surface area (Å²) in [6, 6.07) is 7.05. The normalized spacial score (nSPS) is 16.9. The van der Waals surface area contributed by atoms with E-state index in [0.717, 1.165) is 16.5 Å². The number of rotatable bonds is 3. The Hall–Kier alpha value is -1.51. The van der Waals surface area contributed by atoms with Crippen LogP contribution in [0.3, 0.4) is 0 Å². The van der Waals surface area contributed by atoms with Crippen molar-refractivity contribution >= 4 is 26.7 Å². The van der Waals surface area contributed by atoms with E-state index in [-0.39, 0.29) is 0 Å². The Morgan fingerprint density at radius 3 is 2.45 bits per heavy atom. The number of aromatic nitrogens is 2. The smallest absolute Gasteiger partial charge is 0.243 e. The zero-order valence-corrected chi connectivity index (χ0v) is 14.2. The van der Waals surface area contributed by atoms with Crippen LogP contribution in [0.2, 0.25) is 0 Å². The Morgan fingerprint density at radius 2 is 1.86 bits per heavy atom. The average molecular weight is 338 g/mol. The molecule has 1 aliphatic heterocycles. The minimum atomic E-state index is -3.41. The number of hydrogen-bond acceptors (Lipinski definition) is 6. The van der Waals surface area contributed by atoms with Gasteiger partial charge in [-0.25, -0.2) is 13.4 Å². The second-order valence-corrected chi connectivity index (χ2v) is 8.00. The second kappa shape index (κ2) is 5.94. The average Bonchev–Trinajstić information content (AvgIpc) is 2.94. The molecular weight excluding hydrogens is 320 g/mol. The first-order chi connectivity index (χ1) is 10.5. The van der Waals surface area contributed by atoms with Gasteiger partial charge in [-0.15, -0.1) is 0 Å². The molecule has 0 N–H and O–H groups in total. The Labute approximate surface area is 134 Å². The highest BCUT2D eigenvalue weighted by Crippen LogP contribution is 2.22. The van der Waals surface area contributed by atoms with E-state index in [1.165, 1.54) is 11.5 Å². The fraction of sp³-hybridized carbons (Fsp3) is 0.429. The molecule has 0 radical (unpaired) electrons. The molecule has 22 heavy (non-hydrogen) atoms. The van der Waals surface area contributed by atoms with Crippen molar-refractivity contribution in [1.29, 1.82) is 0 Å². The van der Waals surface area contributed by atoms with Crippen LogP contribution in [-0.2, 0) is 10.0 Å².